The first kappa shape index (κ1) is 13.1. The fourth-order valence-electron chi connectivity index (χ4n) is 2.51. The summed E-state index contributed by atoms with van der Waals surface area (Å²) in [6.07, 6.45) is 4.39. The van der Waals surface area contributed by atoms with E-state index in [9.17, 15) is 4.79 Å². The Morgan fingerprint density at radius 1 is 1.56 bits per heavy atom. The maximum atomic E-state index is 12.6. The van der Waals surface area contributed by atoms with Gasteiger partial charge in [0.2, 0.25) is 5.91 Å². The second-order valence-corrected chi connectivity index (χ2v) is 5.14. The lowest BCUT2D eigenvalue weighted by molar-refractivity contribution is -0.143. The van der Waals surface area contributed by atoms with Crippen molar-refractivity contribution in [2.45, 2.75) is 38.1 Å². The molecule has 0 saturated heterocycles. The third-order valence-electron chi connectivity index (χ3n) is 4.00. The molecule has 0 aromatic rings. The maximum Gasteiger partial charge on any atom is 0.236 e. The molecule has 0 heterocycles. The van der Waals surface area contributed by atoms with Gasteiger partial charge < -0.3 is 20.6 Å². The van der Waals surface area contributed by atoms with Gasteiger partial charge in [-0.05, 0) is 25.7 Å². The summed E-state index contributed by atoms with van der Waals surface area (Å²) in [6, 6.07) is 0.316. The number of nitrogens with two attached hydrogens (primary N) is 1. The van der Waals surface area contributed by atoms with E-state index in [2.05, 4.69) is 5.16 Å². The Morgan fingerprint density at radius 3 is 2.61 bits per heavy atom. The van der Waals surface area contributed by atoms with Gasteiger partial charge in [0, 0.05) is 19.7 Å². The van der Waals surface area contributed by atoms with Crippen LogP contribution in [-0.2, 0) is 9.53 Å². The van der Waals surface area contributed by atoms with Gasteiger partial charge in [-0.3, -0.25) is 4.79 Å². The predicted molar refractivity (Wildman–Crippen MR) is 66.3 cm³/mol. The van der Waals surface area contributed by atoms with E-state index in [0.29, 0.717) is 32.0 Å². The molecule has 102 valence electrons. The Balaban J connectivity index is 2.11. The summed E-state index contributed by atoms with van der Waals surface area (Å²) in [5, 5.41) is 11.9. The fraction of sp³-hybridized carbons (Fsp3) is 0.833. The van der Waals surface area contributed by atoms with Crippen LogP contribution in [0, 0.1) is 5.41 Å². The van der Waals surface area contributed by atoms with Crippen LogP contribution in [0.15, 0.2) is 5.16 Å². The molecule has 18 heavy (non-hydrogen) atoms. The molecule has 2 aliphatic carbocycles. The summed E-state index contributed by atoms with van der Waals surface area (Å²) < 4.78 is 5.05. The second kappa shape index (κ2) is 5.14. The first-order valence-corrected chi connectivity index (χ1v) is 6.43. The number of oxime groups is 1. The summed E-state index contributed by atoms with van der Waals surface area (Å²) in [6.45, 7) is 1.11. The van der Waals surface area contributed by atoms with Crippen molar-refractivity contribution in [1.82, 2.24) is 4.90 Å². The summed E-state index contributed by atoms with van der Waals surface area (Å²) in [5.74, 6) is 0.0606. The standard InChI is InChI=1S/C12H21N3O3/c1-18-8-7-15(9-3-4-9)11(16)12(5-2-6-12)10(13)14-17/h9,17H,2-8H2,1H3,(H2,13,14). The van der Waals surface area contributed by atoms with Crippen LogP contribution in [-0.4, -0.2) is 48.2 Å². The van der Waals surface area contributed by atoms with Crippen molar-refractivity contribution in [3.05, 3.63) is 0 Å². The van der Waals surface area contributed by atoms with Crippen LogP contribution in [0.25, 0.3) is 0 Å². The summed E-state index contributed by atoms with van der Waals surface area (Å²) in [5.41, 5.74) is 4.96. The van der Waals surface area contributed by atoms with Crippen molar-refractivity contribution >= 4 is 11.7 Å². The number of amidine groups is 1. The second-order valence-electron chi connectivity index (χ2n) is 5.14. The van der Waals surface area contributed by atoms with Crippen molar-refractivity contribution in [3.8, 4) is 0 Å². The number of hydrogen-bond acceptors (Lipinski definition) is 4. The molecular formula is C12H21N3O3. The lowest BCUT2D eigenvalue weighted by Crippen LogP contribution is -2.56. The number of ether oxygens (including phenoxy) is 1. The van der Waals surface area contributed by atoms with Crippen molar-refractivity contribution in [2.24, 2.45) is 16.3 Å². The molecule has 0 aliphatic heterocycles. The Morgan fingerprint density at radius 2 is 2.22 bits per heavy atom. The van der Waals surface area contributed by atoms with Crippen LogP contribution in [0.4, 0.5) is 0 Å². The molecular weight excluding hydrogens is 234 g/mol. The first-order valence-electron chi connectivity index (χ1n) is 6.43. The van der Waals surface area contributed by atoms with E-state index in [1.54, 1.807) is 7.11 Å². The highest BCUT2D eigenvalue weighted by Crippen LogP contribution is 2.44. The lowest BCUT2D eigenvalue weighted by atomic mass is 9.66. The van der Waals surface area contributed by atoms with Gasteiger partial charge in [0.05, 0.1) is 6.61 Å². The smallest absolute Gasteiger partial charge is 0.236 e. The van der Waals surface area contributed by atoms with E-state index >= 15 is 0 Å². The molecule has 0 radical (unpaired) electrons. The van der Waals surface area contributed by atoms with E-state index in [1.165, 1.54) is 0 Å². The van der Waals surface area contributed by atoms with Crippen LogP contribution < -0.4 is 5.73 Å². The average molecular weight is 255 g/mol. The van der Waals surface area contributed by atoms with Gasteiger partial charge in [-0.15, -0.1) is 0 Å². The summed E-state index contributed by atoms with van der Waals surface area (Å²) in [7, 11) is 1.62. The molecule has 0 atom stereocenters. The third-order valence-corrected chi connectivity index (χ3v) is 4.00. The molecule has 2 rings (SSSR count). The van der Waals surface area contributed by atoms with Gasteiger partial charge in [-0.2, -0.15) is 0 Å². The van der Waals surface area contributed by atoms with Crippen LogP contribution >= 0.6 is 0 Å². The van der Waals surface area contributed by atoms with E-state index in [4.69, 9.17) is 15.7 Å². The number of carbonyl (C=O) groups is 1. The fourth-order valence-corrected chi connectivity index (χ4v) is 2.51. The molecule has 6 nitrogen and oxygen atoms in total. The third kappa shape index (κ3) is 2.16. The minimum atomic E-state index is -0.759. The molecule has 0 unspecified atom stereocenters. The highest BCUT2D eigenvalue weighted by Gasteiger charge is 2.52. The predicted octanol–water partition coefficient (Wildman–Crippen LogP) is 0.540. The number of nitrogens with zero attached hydrogens (tertiary/aromatic N) is 2. The van der Waals surface area contributed by atoms with Crippen LogP contribution in [0.5, 0.6) is 0 Å². The number of carbonyl (C=O) groups excluding carboxylic acids is 1. The molecule has 2 aliphatic rings. The zero-order chi connectivity index (χ0) is 13.2. The minimum Gasteiger partial charge on any atom is -0.409 e. The first-order chi connectivity index (χ1) is 8.65. The molecule has 0 aromatic heterocycles. The normalized spacial score (nSPS) is 22.4. The molecule has 0 spiro atoms. The monoisotopic (exact) mass is 255 g/mol. The Hall–Kier alpha value is -1.30. The van der Waals surface area contributed by atoms with Gasteiger partial charge in [0.15, 0.2) is 5.84 Å². The van der Waals surface area contributed by atoms with Gasteiger partial charge in [-0.25, -0.2) is 0 Å². The Kier molecular flexibility index (Phi) is 3.75. The van der Waals surface area contributed by atoms with E-state index in [0.717, 1.165) is 19.3 Å². The number of methoxy groups -OCH3 is 1. The van der Waals surface area contributed by atoms with Gasteiger partial charge in [0.25, 0.3) is 0 Å². The summed E-state index contributed by atoms with van der Waals surface area (Å²) in [4.78, 5) is 14.5. The van der Waals surface area contributed by atoms with Gasteiger partial charge >= 0.3 is 0 Å². The number of hydrogen-bond donors (Lipinski definition) is 2. The van der Waals surface area contributed by atoms with Crippen molar-refractivity contribution in [2.75, 3.05) is 20.3 Å². The molecule has 2 saturated carbocycles. The lowest BCUT2D eigenvalue weighted by Gasteiger charge is -2.42. The van der Waals surface area contributed by atoms with Crippen LogP contribution in [0.2, 0.25) is 0 Å². The molecule has 2 fully saturated rings. The van der Waals surface area contributed by atoms with E-state index in [1.807, 2.05) is 4.90 Å². The Bertz CT molecular complexity index is 348. The largest absolute Gasteiger partial charge is 0.409 e. The zero-order valence-corrected chi connectivity index (χ0v) is 10.8. The topological polar surface area (TPSA) is 88.2 Å². The van der Waals surface area contributed by atoms with Gasteiger partial charge in [-0.1, -0.05) is 11.6 Å². The highest BCUT2D eigenvalue weighted by atomic mass is 16.5. The van der Waals surface area contributed by atoms with E-state index < -0.39 is 5.41 Å². The van der Waals surface area contributed by atoms with Crippen molar-refractivity contribution < 1.29 is 14.7 Å². The molecule has 0 bridgehead atoms. The summed E-state index contributed by atoms with van der Waals surface area (Å²) >= 11 is 0. The zero-order valence-electron chi connectivity index (χ0n) is 10.8. The van der Waals surface area contributed by atoms with Crippen molar-refractivity contribution in [3.63, 3.8) is 0 Å². The quantitative estimate of drug-likeness (QED) is 0.314. The molecule has 6 heteroatoms. The SMILES string of the molecule is COCCN(C(=O)C1(C(N)=NO)CCC1)C1CC1. The highest BCUT2D eigenvalue weighted by molar-refractivity contribution is 6.07. The molecule has 1 amide bonds. The number of amides is 1. The molecule has 0 aromatic carbocycles. The van der Waals surface area contributed by atoms with Crippen molar-refractivity contribution in [1.29, 1.82) is 0 Å². The average Bonchev–Trinajstić information content (AvgIpc) is 3.12. The Labute approximate surface area is 107 Å². The molecule has 3 N–H and O–H groups in total. The minimum absolute atomic E-state index is 0.00333. The van der Waals surface area contributed by atoms with E-state index in [-0.39, 0.29) is 11.7 Å². The van der Waals surface area contributed by atoms with Crippen LogP contribution in [0.1, 0.15) is 32.1 Å². The number of rotatable bonds is 6. The maximum absolute atomic E-state index is 12.6. The van der Waals surface area contributed by atoms with Gasteiger partial charge in [0.1, 0.15) is 5.41 Å². The van der Waals surface area contributed by atoms with Crippen LogP contribution in [0.3, 0.4) is 0 Å².